The van der Waals surface area contributed by atoms with E-state index in [1.807, 2.05) is 121 Å². The first-order valence-corrected chi connectivity index (χ1v) is 13.5. The summed E-state index contributed by atoms with van der Waals surface area (Å²) in [5, 5.41) is 6.67. The lowest BCUT2D eigenvalue weighted by atomic mass is 9.86. The Labute approximate surface area is 225 Å². The Hall–Kier alpha value is -4.18. The van der Waals surface area contributed by atoms with Crippen molar-refractivity contribution in [2.75, 3.05) is 0 Å². The van der Waals surface area contributed by atoms with Crippen LogP contribution in [0.15, 0.2) is 121 Å². The lowest BCUT2D eigenvalue weighted by Crippen LogP contribution is -2.54. The second-order valence-electron chi connectivity index (χ2n) is 10.0. The smallest absolute Gasteiger partial charge is 0.232 e. The van der Waals surface area contributed by atoms with Gasteiger partial charge in [-0.2, -0.15) is 0 Å². The second kappa shape index (κ2) is 12.4. The summed E-state index contributed by atoms with van der Waals surface area (Å²) in [5.41, 5.74) is 3.84. The predicted octanol–water partition coefficient (Wildman–Crippen LogP) is 6.19. The van der Waals surface area contributed by atoms with Gasteiger partial charge in [-0.25, -0.2) is 0 Å². The summed E-state index contributed by atoms with van der Waals surface area (Å²) in [4.78, 5) is 27.6. The highest BCUT2D eigenvalue weighted by Gasteiger charge is 2.33. The summed E-state index contributed by atoms with van der Waals surface area (Å²) in [7, 11) is 0. The number of amides is 2. The van der Waals surface area contributed by atoms with Gasteiger partial charge >= 0.3 is 0 Å². The van der Waals surface area contributed by atoms with Crippen molar-refractivity contribution >= 4 is 11.8 Å². The molecule has 1 aliphatic rings. The monoisotopic (exact) mass is 502 g/mol. The highest BCUT2D eigenvalue weighted by Crippen LogP contribution is 2.28. The Morgan fingerprint density at radius 2 is 0.737 bits per heavy atom. The molecule has 2 N–H and O–H groups in total. The highest BCUT2D eigenvalue weighted by atomic mass is 16.2. The fourth-order valence-corrected chi connectivity index (χ4v) is 5.58. The molecule has 5 rings (SSSR count). The van der Waals surface area contributed by atoms with Gasteiger partial charge in [0.25, 0.3) is 0 Å². The summed E-state index contributed by atoms with van der Waals surface area (Å²) >= 11 is 0. The molecule has 0 radical (unpaired) electrons. The molecule has 1 fully saturated rings. The molecule has 0 unspecified atom stereocenters. The van der Waals surface area contributed by atoms with E-state index < -0.39 is 11.8 Å². The van der Waals surface area contributed by atoms with Crippen LogP contribution in [0.2, 0.25) is 0 Å². The molecule has 1 saturated carbocycles. The van der Waals surface area contributed by atoms with Gasteiger partial charge in [-0.05, 0) is 35.1 Å². The van der Waals surface area contributed by atoms with Crippen LogP contribution < -0.4 is 10.6 Å². The van der Waals surface area contributed by atoms with Crippen molar-refractivity contribution < 1.29 is 9.59 Å². The molecule has 0 bridgehead atoms. The zero-order valence-electron chi connectivity index (χ0n) is 21.5. The van der Waals surface area contributed by atoms with Crippen LogP contribution in [0.4, 0.5) is 0 Å². The molecule has 4 aromatic carbocycles. The third-order valence-electron chi connectivity index (χ3n) is 7.48. The molecule has 4 nitrogen and oxygen atoms in total. The Morgan fingerprint density at radius 3 is 1.00 bits per heavy atom. The fourth-order valence-electron chi connectivity index (χ4n) is 5.58. The van der Waals surface area contributed by atoms with E-state index in [4.69, 9.17) is 0 Å². The normalized spacial score (nSPS) is 17.2. The number of benzene rings is 4. The maximum Gasteiger partial charge on any atom is 0.232 e. The van der Waals surface area contributed by atoms with Crippen LogP contribution in [0.25, 0.3) is 0 Å². The molecule has 4 aromatic rings. The number of nitrogens with one attached hydrogen (secondary N) is 2. The zero-order valence-corrected chi connectivity index (χ0v) is 21.5. The molecular formula is C34H34N2O2. The van der Waals surface area contributed by atoms with Crippen molar-refractivity contribution in [3.8, 4) is 0 Å². The molecule has 38 heavy (non-hydrogen) atoms. The minimum atomic E-state index is -0.405. The standard InChI is InChI=1S/C34H34N2O2/c37-33(31(25-15-5-1-6-16-25)26-17-7-2-8-18-26)35-29-23-13-14-24-30(29)36-34(38)32(27-19-9-3-10-20-27)28-21-11-4-12-22-28/h1-12,15-22,29-32H,13-14,23-24H2,(H,35,37)(H,36,38)/t29-,30-/m1/s1. The van der Waals surface area contributed by atoms with Crippen molar-refractivity contribution in [1.82, 2.24) is 10.6 Å². The molecule has 2 amide bonds. The first-order chi connectivity index (χ1) is 18.7. The average molecular weight is 503 g/mol. The number of carbonyl (C=O) groups excluding carboxylic acids is 2. The van der Waals surface area contributed by atoms with Crippen LogP contribution in [-0.4, -0.2) is 23.9 Å². The molecule has 192 valence electrons. The van der Waals surface area contributed by atoms with Gasteiger partial charge in [-0.15, -0.1) is 0 Å². The average Bonchev–Trinajstić information content (AvgIpc) is 2.97. The fraction of sp³-hybridized carbons (Fsp3) is 0.235. The Bertz CT molecular complexity index is 1130. The SMILES string of the molecule is O=C(N[C@@H]1CCCC[C@H]1NC(=O)C(c1ccccc1)c1ccccc1)C(c1ccccc1)c1ccccc1. The Kier molecular flexibility index (Phi) is 8.29. The molecular weight excluding hydrogens is 468 g/mol. The van der Waals surface area contributed by atoms with E-state index in [1.165, 1.54) is 0 Å². The van der Waals surface area contributed by atoms with Gasteiger partial charge in [-0.1, -0.05) is 134 Å². The molecule has 1 aliphatic carbocycles. The molecule has 0 aliphatic heterocycles. The quantitative estimate of drug-likeness (QED) is 0.302. The van der Waals surface area contributed by atoms with Crippen molar-refractivity contribution in [3.63, 3.8) is 0 Å². The highest BCUT2D eigenvalue weighted by molar-refractivity contribution is 5.89. The van der Waals surface area contributed by atoms with Crippen LogP contribution in [0, 0.1) is 0 Å². The van der Waals surface area contributed by atoms with Gasteiger partial charge in [0.1, 0.15) is 0 Å². The summed E-state index contributed by atoms with van der Waals surface area (Å²) < 4.78 is 0. The summed E-state index contributed by atoms with van der Waals surface area (Å²) in [6.45, 7) is 0. The summed E-state index contributed by atoms with van der Waals surface area (Å²) in [6.07, 6.45) is 3.74. The van der Waals surface area contributed by atoms with E-state index in [9.17, 15) is 9.59 Å². The van der Waals surface area contributed by atoms with Crippen LogP contribution in [0.5, 0.6) is 0 Å². The second-order valence-corrected chi connectivity index (χ2v) is 10.0. The van der Waals surface area contributed by atoms with E-state index >= 15 is 0 Å². The van der Waals surface area contributed by atoms with E-state index in [1.54, 1.807) is 0 Å². The van der Waals surface area contributed by atoms with Gasteiger partial charge in [-0.3, -0.25) is 9.59 Å². The molecule has 0 aromatic heterocycles. The van der Waals surface area contributed by atoms with E-state index in [2.05, 4.69) is 10.6 Å². The lowest BCUT2D eigenvalue weighted by molar-refractivity contribution is -0.125. The van der Waals surface area contributed by atoms with Crippen molar-refractivity contribution in [2.45, 2.75) is 49.6 Å². The molecule has 0 spiro atoms. The predicted molar refractivity (Wildman–Crippen MR) is 152 cm³/mol. The minimum Gasteiger partial charge on any atom is -0.350 e. The molecule has 0 heterocycles. The molecule has 0 saturated heterocycles. The van der Waals surface area contributed by atoms with Crippen LogP contribution in [0.1, 0.15) is 59.8 Å². The third kappa shape index (κ3) is 6.03. The maximum atomic E-state index is 13.8. The topological polar surface area (TPSA) is 58.2 Å². The first kappa shape index (κ1) is 25.5. The maximum absolute atomic E-state index is 13.8. The van der Waals surface area contributed by atoms with Gasteiger partial charge in [0.15, 0.2) is 0 Å². The largest absolute Gasteiger partial charge is 0.350 e. The molecule has 2 atom stereocenters. The van der Waals surface area contributed by atoms with E-state index in [0.29, 0.717) is 0 Å². The number of hydrogen-bond acceptors (Lipinski definition) is 2. The van der Waals surface area contributed by atoms with Crippen molar-refractivity contribution in [2.24, 2.45) is 0 Å². The lowest BCUT2D eigenvalue weighted by Gasteiger charge is -2.35. The number of hydrogen-bond donors (Lipinski definition) is 2. The zero-order chi connectivity index (χ0) is 26.2. The van der Waals surface area contributed by atoms with Crippen molar-refractivity contribution in [1.29, 1.82) is 0 Å². The van der Waals surface area contributed by atoms with E-state index in [0.717, 1.165) is 47.9 Å². The van der Waals surface area contributed by atoms with Gasteiger partial charge < -0.3 is 10.6 Å². The Morgan fingerprint density at radius 1 is 0.474 bits per heavy atom. The van der Waals surface area contributed by atoms with Gasteiger partial charge in [0, 0.05) is 12.1 Å². The van der Waals surface area contributed by atoms with Gasteiger partial charge in [0.2, 0.25) is 11.8 Å². The first-order valence-electron chi connectivity index (χ1n) is 13.5. The molecule has 4 heteroatoms. The van der Waals surface area contributed by atoms with Crippen molar-refractivity contribution in [3.05, 3.63) is 144 Å². The van der Waals surface area contributed by atoms with Crippen LogP contribution >= 0.6 is 0 Å². The summed E-state index contributed by atoms with van der Waals surface area (Å²) in [5.74, 6) is -0.874. The van der Waals surface area contributed by atoms with Crippen LogP contribution in [-0.2, 0) is 9.59 Å². The van der Waals surface area contributed by atoms with Crippen LogP contribution in [0.3, 0.4) is 0 Å². The Balaban J connectivity index is 1.37. The minimum absolute atomic E-state index is 0.0313. The van der Waals surface area contributed by atoms with Gasteiger partial charge in [0.05, 0.1) is 11.8 Å². The third-order valence-corrected chi connectivity index (χ3v) is 7.48. The summed E-state index contributed by atoms with van der Waals surface area (Å²) in [6, 6.07) is 39.4. The van der Waals surface area contributed by atoms with E-state index in [-0.39, 0.29) is 23.9 Å². The number of carbonyl (C=O) groups is 2. The number of rotatable bonds is 8.